The minimum absolute atomic E-state index is 0.131. The number of pyridine rings is 1. The molecule has 0 aliphatic heterocycles. The van der Waals surface area contributed by atoms with E-state index in [4.69, 9.17) is 4.11 Å². The maximum Gasteiger partial charge on any atom is 0.180 e. The number of carbonyl (C=O) groups is 1. The van der Waals surface area contributed by atoms with Gasteiger partial charge in [-0.3, -0.25) is 4.79 Å². The van der Waals surface area contributed by atoms with E-state index in [9.17, 15) is 4.79 Å². The molecular weight excluding hydrogens is 258 g/mol. The molecule has 0 bridgehead atoms. The molecule has 0 atom stereocenters. The van der Waals surface area contributed by atoms with E-state index in [1.807, 2.05) is 0 Å². The maximum atomic E-state index is 11.8. The van der Waals surface area contributed by atoms with Crippen molar-refractivity contribution in [2.45, 2.75) is 6.85 Å². The van der Waals surface area contributed by atoms with Crippen molar-refractivity contribution in [3.8, 4) is 5.69 Å². The molecule has 15 heavy (non-hydrogen) atoms. The fourth-order valence-electron chi connectivity index (χ4n) is 1.19. The number of ketones is 1. The summed E-state index contributed by atoms with van der Waals surface area (Å²) in [7, 11) is 0. The van der Waals surface area contributed by atoms with Crippen LogP contribution in [0.1, 0.15) is 21.5 Å². The monoisotopic (exact) mass is 268 g/mol. The lowest BCUT2D eigenvalue weighted by Crippen LogP contribution is -2.06. The lowest BCUT2D eigenvalue weighted by Gasteiger charge is -2.05. The van der Waals surface area contributed by atoms with Gasteiger partial charge in [-0.1, -0.05) is 0 Å². The summed E-state index contributed by atoms with van der Waals surface area (Å²) in [6.45, 7) is -2.73. The van der Waals surface area contributed by atoms with Crippen LogP contribution in [0.15, 0.2) is 35.2 Å². The smallest absolute Gasteiger partial charge is 0.180 e. The van der Waals surface area contributed by atoms with Gasteiger partial charge in [0.05, 0.1) is 5.69 Å². The third-order valence-corrected chi connectivity index (χ3v) is 2.25. The number of aromatic nitrogens is 3. The number of nitrogens with zero attached hydrogens (tertiary/aromatic N) is 3. The number of halogens is 1. The maximum absolute atomic E-state index is 11.8. The topological polar surface area (TPSA) is 47.8 Å². The van der Waals surface area contributed by atoms with E-state index >= 15 is 0 Å². The summed E-state index contributed by atoms with van der Waals surface area (Å²) in [5.41, 5.74) is 0.206. The predicted molar refractivity (Wildman–Crippen MR) is 59.1 cm³/mol. The normalized spacial score (nSPS) is 14.1. The van der Waals surface area contributed by atoms with Gasteiger partial charge < -0.3 is 0 Å². The van der Waals surface area contributed by atoms with Gasteiger partial charge in [-0.05, 0) is 34.1 Å². The molecule has 2 rings (SSSR count). The Balaban J connectivity index is 2.59. The second-order valence-electron chi connectivity index (χ2n) is 2.78. The summed E-state index contributed by atoms with van der Waals surface area (Å²) < 4.78 is 23.3. The van der Waals surface area contributed by atoms with Crippen LogP contribution in [-0.2, 0) is 0 Å². The molecule has 0 saturated carbocycles. The van der Waals surface area contributed by atoms with Gasteiger partial charge in [0, 0.05) is 23.4 Å². The van der Waals surface area contributed by atoms with Gasteiger partial charge in [0.25, 0.3) is 0 Å². The number of Topliss-reactive ketones (excluding diaryl/α,β-unsaturated/α-hetero) is 1. The molecule has 2 aromatic rings. The van der Waals surface area contributed by atoms with Crippen molar-refractivity contribution in [3.05, 3.63) is 40.9 Å². The molecule has 0 radical (unpaired) electrons. The van der Waals surface area contributed by atoms with Crippen LogP contribution in [-0.4, -0.2) is 20.5 Å². The third-order valence-electron chi connectivity index (χ3n) is 1.81. The van der Waals surface area contributed by atoms with Gasteiger partial charge in [0.2, 0.25) is 0 Å². The van der Waals surface area contributed by atoms with Crippen molar-refractivity contribution in [1.29, 1.82) is 0 Å². The first-order valence-electron chi connectivity index (χ1n) is 5.61. The summed E-state index contributed by atoms with van der Waals surface area (Å²) in [6.07, 6.45) is 3.15. The largest absolute Gasteiger partial charge is 0.293 e. The molecule has 5 heteroatoms. The zero-order chi connectivity index (χ0) is 13.3. The van der Waals surface area contributed by atoms with Gasteiger partial charge in [-0.15, -0.1) is 0 Å². The molecule has 0 spiro atoms. The van der Waals surface area contributed by atoms with Crippen LogP contribution in [0.5, 0.6) is 0 Å². The van der Waals surface area contributed by atoms with Crippen molar-refractivity contribution in [3.63, 3.8) is 0 Å². The summed E-state index contributed by atoms with van der Waals surface area (Å²) in [5, 5.41) is 3.97. The van der Waals surface area contributed by atoms with Crippen LogP contribution in [0.4, 0.5) is 0 Å². The van der Waals surface area contributed by atoms with Crippen molar-refractivity contribution in [2.24, 2.45) is 0 Å². The summed E-state index contributed by atoms with van der Waals surface area (Å²) >= 11 is 3.12. The molecule has 0 aliphatic carbocycles. The zero-order valence-corrected chi connectivity index (χ0v) is 9.10. The van der Waals surface area contributed by atoms with Gasteiger partial charge in [-0.25, -0.2) is 9.67 Å². The minimum Gasteiger partial charge on any atom is -0.293 e. The Labute approximate surface area is 99.3 Å². The standard InChI is InChI=1S/C10H8BrN3O/c1-7(15)10-8(3-4-9(11)13-10)14-6-2-5-12-14/h2-6H,1H3/i1D3. The molecule has 0 unspecified atom stereocenters. The Bertz CT molecular complexity index is 581. The van der Waals surface area contributed by atoms with Crippen molar-refractivity contribution >= 4 is 21.7 Å². The summed E-state index contributed by atoms with van der Waals surface area (Å²) in [6, 6.07) is 4.88. The average Bonchev–Trinajstić information content (AvgIpc) is 2.80. The van der Waals surface area contributed by atoms with Crippen LogP contribution < -0.4 is 0 Å². The average molecular weight is 269 g/mol. The highest BCUT2D eigenvalue weighted by atomic mass is 79.9. The van der Waals surface area contributed by atoms with Crippen molar-refractivity contribution in [2.75, 3.05) is 0 Å². The van der Waals surface area contributed by atoms with Crippen LogP contribution in [0.25, 0.3) is 5.69 Å². The van der Waals surface area contributed by atoms with Crippen LogP contribution >= 0.6 is 15.9 Å². The predicted octanol–water partition coefficient (Wildman–Crippen LogP) is 2.23. The second-order valence-corrected chi connectivity index (χ2v) is 3.59. The highest BCUT2D eigenvalue weighted by Crippen LogP contribution is 2.16. The molecule has 2 heterocycles. The quantitative estimate of drug-likeness (QED) is 0.620. The lowest BCUT2D eigenvalue weighted by molar-refractivity contribution is 0.101. The number of hydrogen-bond acceptors (Lipinski definition) is 3. The van der Waals surface area contributed by atoms with E-state index in [2.05, 4.69) is 26.0 Å². The number of rotatable bonds is 2. The SMILES string of the molecule is [2H]C([2H])([2H])C(=O)c1nc(Br)ccc1-n1cccn1. The summed E-state index contributed by atoms with van der Waals surface area (Å²) in [4.78, 5) is 15.8. The second kappa shape index (κ2) is 3.94. The zero-order valence-electron chi connectivity index (χ0n) is 10.5. The molecule has 0 aliphatic rings. The van der Waals surface area contributed by atoms with Crippen molar-refractivity contribution < 1.29 is 8.91 Å². The molecule has 0 fully saturated rings. The Morgan fingerprint density at radius 2 is 2.47 bits per heavy atom. The Hall–Kier alpha value is -1.49. The molecule has 2 aromatic heterocycles. The molecule has 0 N–H and O–H groups in total. The van der Waals surface area contributed by atoms with Crippen LogP contribution in [0, 0.1) is 0 Å². The van der Waals surface area contributed by atoms with E-state index in [1.54, 1.807) is 24.4 Å². The Morgan fingerprint density at radius 1 is 1.60 bits per heavy atom. The fourth-order valence-corrected chi connectivity index (χ4v) is 1.50. The Morgan fingerprint density at radius 3 is 3.13 bits per heavy atom. The highest BCUT2D eigenvalue weighted by molar-refractivity contribution is 9.10. The van der Waals surface area contributed by atoms with Gasteiger partial charge in [0.15, 0.2) is 5.78 Å². The number of carbonyl (C=O) groups excluding carboxylic acids is 1. The third kappa shape index (κ3) is 1.97. The summed E-state index contributed by atoms with van der Waals surface area (Å²) in [5.74, 6) is -1.01. The Kier molecular flexibility index (Phi) is 1.81. The molecule has 0 aromatic carbocycles. The van der Waals surface area contributed by atoms with E-state index in [0.717, 1.165) is 0 Å². The van der Waals surface area contributed by atoms with Gasteiger partial charge >= 0.3 is 0 Å². The first kappa shape index (κ1) is 6.90. The van der Waals surface area contributed by atoms with Gasteiger partial charge in [0.1, 0.15) is 10.3 Å². The molecule has 0 amide bonds. The molecule has 0 saturated heterocycles. The minimum atomic E-state index is -2.73. The molecule has 4 nitrogen and oxygen atoms in total. The first-order valence-corrected chi connectivity index (χ1v) is 4.90. The highest BCUT2D eigenvalue weighted by Gasteiger charge is 2.11. The van der Waals surface area contributed by atoms with Crippen LogP contribution in [0.3, 0.4) is 0 Å². The lowest BCUT2D eigenvalue weighted by atomic mass is 10.2. The van der Waals surface area contributed by atoms with Crippen molar-refractivity contribution in [1.82, 2.24) is 14.8 Å². The number of hydrogen-bond donors (Lipinski definition) is 0. The van der Waals surface area contributed by atoms with E-state index in [0.29, 0.717) is 10.3 Å². The molecule has 76 valence electrons. The fraction of sp³-hybridized carbons (Fsp3) is 0.100. The van der Waals surface area contributed by atoms with E-state index in [1.165, 1.54) is 10.9 Å². The van der Waals surface area contributed by atoms with Gasteiger partial charge in [-0.2, -0.15) is 5.10 Å². The van der Waals surface area contributed by atoms with Crippen LogP contribution in [0.2, 0.25) is 0 Å². The molecular formula is C10H8BrN3O. The van der Waals surface area contributed by atoms with E-state index < -0.39 is 12.6 Å². The van der Waals surface area contributed by atoms with E-state index in [-0.39, 0.29) is 5.69 Å². The first-order chi connectivity index (χ1) is 8.39.